The molecule has 2 aromatic rings. The molecule has 0 aliphatic heterocycles. The molecule has 0 aliphatic carbocycles. The highest BCUT2D eigenvalue weighted by Crippen LogP contribution is 2.21. The number of hydrogen-bond donors (Lipinski definition) is 2. The Morgan fingerprint density at radius 2 is 2.16 bits per heavy atom. The molecule has 1 heterocycles. The van der Waals surface area contributed by atoms with Crippen LogP contribution in [0.3, 0.4) is 0 Å². The van der Waals surface area contributed by atoms with E-state index in [0.717, 1.165) is 11.4 Å². The summed E-state index contributed by atoms with van der Waals surface area (Å²) in [4.78, 5) is 11.6. The second kappa shape index (κ2) is 5.80. The number of carbonyl (C=O) groups is 1. The van der Waals surface area contributed by atoms with Crippen molar-refractivity contribution in [3.63, 3.8) is 0 Å². The van der Waals surface area contributed by atoms with Crippen LogP contribution >= 0.6 is 11.6 Å². The maximum absolute atomic E-state index is 11.6. The zero-order chi connectivity index (χ0) is 13.8. The van der Waals surface area contributed by atoms with Gasteiger partial charge < -0.3 is 15.2 Å². The van der Waals surface area contributed by atoms with Gasteiger partial charge in [0.15, 0.2) is 0 Å². The Morgan fingerprint density at radius 1 is 1.37 bits per heavy atom. The molecule has 0 atom stereocenters. The van der Waals surface area contributed by atoms with Crippen LogP contribution in [0.15, 0.2) is 36.5 Å². The van der Waals surface area contributed by atoms with Crippen LogP contribution in [0.5, 0.6) is 0 Å². The van der Waals surface area contributed by atoms with E-state index in [2.05, 4.69) is 10.6 Å². The Morgan fingerprint density at radius 3 is 2.79 bits per heavy atom. The fraction of sp³-hybridized carbons (Fsp3) is 0.214. The predicted molar refractivity (Wildman–Crippen MR) is 77.6 cm³/mol. The standard InChI is InChI=1S/C14H16ClN3O/c1-16-14(19)12-8-10(5-6-13(12)15)17-9-11-4-3-7-18(11)2/h3-8,17H,9H2,1-2H3,(H,16,19). The van der Waals surface area contributed by atoms with E-state index < -0.39 is 0 Å². The lowest BCUT2D eigenvalue weighted by molar-refractivity contribution is 0.0963. The molecule has 0 fully saturated rings. The summed E-state index contributed by atoms with van der Waals surface area (Å²) in [5, 5.41) is 6.30. The summed E-state index contributed by atoms with van der Waals surface area (Å²) >= 11 is 6.00. The summed E-state index contributed by atoms with van der Waals surface area (Å²) < 4.78 is 2.04. The number of hydrogen-bond acceptors (Lipinski definition) is 2. The zero-order valence-corrected chi connectivity index (χ0v) is 11.7. The number of nitrogens with one attached hydrogen (secondary N) is 2. The largest absolute Gasteiger partial charge is 0.379 e. The van der Waals surface area contributed by atoms with Crippen LogP contribution in [0, 0.1) is 0 Å². The van der Waals surface area contributed by atoms with E-state index in [1.165, 1.54) is 0 Å². The van der Waals surface area contributed by atoms with Crippen LogP contribution in [-0.4, -0.2) is 17.5 Å². The van der Waals surface area contributed by atoms with Gasteiger partial charge in [-0.2, -0.15) is 0 Å². The van der Waals surface area contributed by atoms with Gasteiger partial charge in [0.2, 0.25) is 0 Å². The average Bonchev–Trinajstić information content (AvgIpc) is 2.82. The molecule has 0 unspecified atom stereocenters. The van der Waals surface area contributed by atoms with Crippen molar-refractivity contribution >= 4 is 23.2 Å². The smallest absolute Gasteiger partial charge is 0.252 e. The van der Waals surface area contributed by atoms with Crippen LogP contribution in [0.4, 0.5) is 5.69 Å². The van der Waals surface area contributed by atoms with Gasteiger partial charge in [0.25, 0.3) is 5.91 Å². The van der Waals surface area contributed by atoms with Crippen molar-refractivity contribution in [1.29, 1.82) is 0 Å². The second-order valence-electron chi connectivity index (χ2n) is 4.24. The van der Waals surface area contributed by atoms with E-state index >= 15 is 0 Å². The molecule has 1 amide bonds. The van der Waals surface area contributed by atoms with Crippen LogP contribution in [-0.2, 0) is 13.6 Å². The first-order valence-electron chi connectivity index (χ1n) is 5.97. The van der Waals surface area contributed by atoms with E-state index in [-0.39, 0.29) is 5.91 Å². The molecule has 2 N–H and O–H groups in total. The molecule has 0 aliphatic rings. The molecule has 19 heavy (non-hydrogen) atoms. The Kier molecular flexibility index (Phi) is 4.12. The van der Waals surface area contributed by atoms with Crippen molar-refractivity contribution in [2.45, 2.75) is 6.54 Å². The first kappa shape index (κ1) is 13.5. The molecule has 0 bridgehead atoms. The minimum Gasteiger partial charge on any atom is -0.379 e. The number of aryl methyl sites for hydroxylation is 1. The molecule has 2 rings (SSSR count). The zero-order valence-electron chi connectivity index (χ0n) is 10.9. The van der Waals surface area contributed by atoms with Crippen molar-refractivity contribution in [1.82, 2.24) is 9.88 Å². The number of carbonyl (C=O) groups excluding carboxylic acids is 1. The third kappa shape index (κ3) is 3.09. The Balaban J connectivity index is 2.13. The van der Waals surface area contributed by atoms with Gasteiger partial charge in [-0.15, -0.1) is 0 Å². The number of anilines is 1. The normalized spacial score (nSPS) is 10.3. The Bertz CT molecular complexity index is 592. The third-order valence-electron chi connectivity index (χ3n) is 2.96. The fourth-order valence-corrected chi connectivity index (χ4v) is 2.02. The average molecular weight is 278 g/mol. The molecule has 0 spiro atoms. The van der Waals surface area contributed by atoms with Gasteiger partial charge in [-0.1, -0.05) is 11.6 Å². The molecule has 0 saturated heterocycles. The highest BCUT2D eigenvalue weighted by molar-refractivity contribution is 6.34. The van der Waals surface area contributed by atoms with Crippen LogP contribution in [0.1, 0.15) is 16.1 Å². The number of amides is 1. The molecular formula is C14H16ClN3O. The lowest BCUT2D eigenvalue weighted by Gasteiger charge is -2.10. The SMILES string of the molecule is CNC(=O)c1cc(NCc2cccn2C)ccc1Cl. The maximum Gasteiger partial charge on any atom is 0.252 e. The highest BCUT2D eigenvalue weighted by atomic mass is 35.5. The third-order valence-corrected chi connectivity index (χ3v) is 3.29. The number of aromatic nitrogens is 1. The van der Waals surface area contributed by atoms with Crippen LogP contribution < -0.4 is 10.6 Å². The fourth-order valence-electron chi connectivity index (χ4n) is 1.82. The highest BCUT2D eigenvalue weighted by Gasteiger charge is 2.09. The summed E-state index contributed by atoms with van der Waals surface area (Å²) in [5.74, 6) is -0.187. The molecule has 0 saturated carbocycles. The van der Waals surface area contributed by atoms with E-state index in [1.807, 2.05) is 36.0 Å². The van der Waals surface area contributed by atoms with Gasteiger partial charge in [0, 0.05) is 31.7 Å². The van der Waals surface area contributed by atoms with Crippen molar-refractivity contribution in [3.05, 3.63) is 52.8 Å². The van der Waals surface area contributed by atoms with Crippen molar-refractivity contribution < 1.29 is 4.79 Å². The van der Waals surface area contributed by atoms with Gasteiger partial charge in [-0.05, 0) is 30.3 Å². The topological polar surface area (TPSA) is 46.1 Å². The minimum absolute atomic E-state index is 0.187. The Labute approximate surface area is 117 Å². The molecular weight excluding hydrogens is 262 g/mol. The van der Waals surface area contributed by atoms with Gasteiger partial charge in [0.1, 0.15) is 0 Å². The number of rotatable bonds is 4. The van der Waals surface area contributed by atoms with Crippen molar-refractivity contribution in [3.8, 4) is 0 Å². The van der Waals surface area contributed by atoms with Gasteiger partial charge in [-0.3, -0.25) is 4.79 Å². The summed E-state index contributed by atoms with van der Waals surface area (Å²) in [6.07, 6.45) is 1.99. The Hall–Kier alpha value is -1.94. The molecule has 0 radical (unpaired) electrons. The predicted octanol–water partition coefficient (Wildman–Crippen LogP) is 2.65. The molecule has 4 nitrogen and oxygen atoms in total. The van der Waals surface area contributed by atoms with Crippen LogP contribution in [0.2, 0.25) is 5.02 Å². The monoisotopic (exact) mass is 277 g/mol. The molecule has 1 aromatic carbocycles. The van der Waals surface area contributed by atoms with Gasteiger partial charge in [-0.25, -0.2) is 0 Å². The molecule has 5 heteroatoms. The van der Waals surface area contributed by atoms with Gasteiger partial charge >= 0.3 is 0 Å². The first-order chi connectivity index (χ1) is 9.11. The van der Waals surface area contributed by atoms with E-state index in [4.69, 9.17) is 11.6 Å². The summed E-state index contributed by atoms with van der Waals surface area (Å²) in [6, 6.07) is 9.37. The minimum atomic E-state index is -0.187. The lowest BCUT2D eigenvalue weighted by atomic mass is 10.2. The van der Waals surface area contributed by atoms with E-state index in [0.29, 0.717) is 17.1 Å². The maximum atomic E-state index is 11.6. The van der Waals surface area contributed by atoms with Crippen LogP contribution in [0.25, 0.3) is 0 Å². The van der Waals surface area contributed by atoms with E-state index in [1.54, 1.807) is 19.2 Å². The van der Waals surface area contributed by atoms with Crippen molar-refractivity contribution in [2.75, 3.05) is 12.4 Å². The number of benzene rings is 1. The quantitative estimate of drug-likeness (QED) is 0.902. The number of nitrogens with zero attached hydrogens (tertiary/aromatic N) is 1. The number of halogens is 1. The summed E-state index contributed by atoms with van der Waals surface area (Å²) in [5.41, 5.74) is 2.50. The van der Waals surface area contributed by atoms with Gasteiger partial charge in [0.05, 0.1) is 17.1 Å². The molecule has 1 aromatic heterocycles. The summed E-state index contributed by atoms with van der Waals surface area (Å²) in [7, 11) is 3.58. The van der Waals surface area contributed by atoms with Crippen molar-refractivity contribution in [2.24, 2.45) is 7.05 Å². The summed E-state index contributed by atoms with van der Waals surface area (Å²) in [6.45, 7) is 0.693. The molecule has 100 valence electrons. The second-order valence-corrected chi connectivity index (χ2v) is 4.64. The van der Waals surface area contributed by atoms with E-state index in [9.17, 15) is 4.79 Å². The lowest BCUT2D eigenvalue weighted by Crippen LogP contribution is -2.18. The first-order valence-corrected chi connectivity index (χ1v) is 6.35.